The van der Waals surface area contributed by atoms with Gasteiger partial charge in [-0.05, 0) is 93.1 Å². The lowest BCUT2D eigenvalue weighted by atomic mass is 9.48. The molecule has 0 spiro atoms. The number of rotatable bonds is 7. The summed E-state index contributed by atoms with van der Waals surface area (Å²) >= 11 is 0. The molecule has 6 aliphatic rings. The lowest BCUT2D eigenvalue weighted by Gasteiger charge is -2.57. The normalized spacial score (nSPS) is 34.0. The van der Waals surface area contributed by atoms with E-state index in [9.17, 15) is 9.59 Å². The number of hydrogen-bond acceptors (Lipinski definition) is 3. The molecular weight excluding hydrogens is 398 g/mol. The molecule has 6 fully saturated rings. The maximum absolute atomic E-state index is 13.1. The Labute approximate surface area is 192 Å². The number of nitrogens with zero attached hydrogens (tertiary/aromatic N) is 1. The summed E-state index contributed by atoms with van der Waals surface area (Å²) in [5.74, 6) is 4.55. The van der Waals surface area contributed by atoms with E-state index in [1.165, 1.54) is 38.5 Å². The van der Waals surface area contributed by atoms with Gasteiger partial charge >= 0.3 is 0 Å². The number of likely N-dealkylation sites (tertiary alicyclic amines) is 1. The molecule has 4 nitrogen and oxygen atoms in total. The molecule has 0 atom stereocenters. The molecule has 4 bridgehead atoms. The number of piperidine rings is 1. The Balaban J connectivity index is 1.02. The lowest BCUT2D eigenvalue weighted by Crippen LogP contribution is -2.46. The highest BCUT2D eigenvalue weighted by Crippen LogP contribution is 2.61. The van der Waals surface area contributed by atoms with Gasteiger partial charge in [0.15, 0.2) is 5.78 Å². The number of amides is 1. The average Bonchev–Trinajstić information content (AvgIpc) is 3.62. The zero-order valence-electron chi connectivity index (χ0n) is 19.3. The van der Waals surface area contributed by atoms with Crippen molar-refractivity contribution in [2.45, 2.75) is 83.2 Å². The van der Waals surface area contributed by atoms with Crippen LogP contribution >= 0.6 is 0 Å². The van der Waals surface area contributed by atoms with Gasteiger partial charge in [0.25, 0.3) is 0 Å². The highest BCUT2D eigenvalue weighted by atomic mass is 16.5. The second kappa shape index (κ2) is 8.18. The van der Waals surface area contributed by atoms with Gasteiger partial charge in [0.2, 0.25) is 5.91 Å². The minimum Gasteiger partial charge on any atom is -0.490 e. The van der Waals surface area contributed by atoms with Crippen LogP contribution in [0.3, 0.4) is 0 Å². The largest absolute Gasteiger partial charge is 0.490 e. The van der Waals surface area contributed by atoms with Crippen molar-refractivity contribution in [1.82, 2.24) is 4.90 Å². The van der Waals surface area contributed by atoms with Gasteiger partial charge in [-0.25, -0.2) is 0 Å². The molecule has 7 rings (SSSR count). The van der Waals surface area contributed by atoms with E-state index in [0.29, 0.717) is 23.7 Å². The van der Waals surface area contributed by atoms with Gasteiger partial charge < -0.3 is 9.64 Å². The number of Topliss-reactive ketones (excluding diaryl/α,β-unsaturated/α-hetero) is 1. The van der Waals surface area contributed by atoms with E-state index in [-0.39, 0.29) is 11.9 Å². The minimum atomic E-state index is 0.135. The van der Waals surface area contributed by atoms with Crippen LogP contribution in [0.5, 0.6) is 5.75 Å². The Morgan fingerprint density at radius 2 is 1.59 bits per heavy atom. The summed E-state index contributed by atoms with van der Waals surface area (Å²) in [6.45, 7) is 1.59. The standard InChI is InChI=1S/C28H37NO3/c30-26(6-9-28-16-19-12-20(17-28)14-21(13-19)18-28)23-2-1-3-25(15-23)32-24-7-10-29(11-8-24)27(31)22-4-5-22/h1-3,15,19-22,24H,4-14,16-18H2. The maximum Gasteiger partial charge on any atom is 0.225 e. The van der Waals surface area contributed by atoms with Crippen molar-refractivity contribution < 1.29 is 14.3 Å². The molecule has 1 amide bonds. The number of hydrogen-bond donors (Lipinski definition) is 0. The van der Waals surface area contributed by atoms with Crippen LogP contribution in [0.1, 0.15) is 87.4 Å². The quantitative estimate of drug-likeness (QED) is 0.520. The maximum atomic E-state index is 13.1. The smallest absolute Gasteiger partial charge is 0.225 e. The highest BCUT2D eigenvalue weighted by molar-refractivity contribution is 5.96. The molecule has 32 heavy (non-hydrogen) atoms. The molecule has 1 aromatic rings. The Hall–Kier alpha value is -1.84. The molecule has 0 radical (unpaired) electrons. The van der Waals surface area contributed by atoms with E-state index in [1.807, 2.05) is 29.2 Å². The van der Waals surface area contributed by atoms with Crippen LogP contribution in [0, 0.1) is 29.1 Å². The summed E-state index contributed by atoms with van der Waals surface area (Å²) < 4.78 is 6.24. The average molecular weight is 436 g/mol. The van der Waals surface area contributed by atoms with Crippen molar-refractivity contribution >= 4 is 11.7 Å². The first-order valence-corrected chi connectivity index (χ1v) is 13.1. The van der Waals surface area contributed by atoms with Crippen molar-refractivity contribution in [2.75, 3.05) is 13.1 Å². The third-order valence-electron chi connectivity index (χ3n) is 9.19. The van der Waals surface area contributed by atoms with Crippen LogP contribution < -0.4 is 4.74 Å². The Kier molecular flexibility index (Phi) is 5.30. The van der Waals surface area contributed by atoms with E-state index >= 15 is 0 Å². The third kappa shape index (κ3) is 4.22. The number of carbonyl (C=O) groups excluding carboxylic acids is 2. The Morgan fingerprint density at radius 1 is 0.938 bits per heavy atom. The molecule has 5 saturated carbocycles. The zero-order valence-corrected chi connectivity index (χ0v) is 19.3. The fourth-order valence-electron chi connectivity index (χ4n) is 7.84. The van der Waals surface area contributed by atoms with Gasteiger partial charge in [0.05, 0.1) is 0 Å². The van der Waals surface area contributed by atoms with Gasteiger partial charge in [-0.3, -0.25) is 9.59 Å². The first-order valence-electron chi connectivity index (χ1n) is 13.1. The van der Waals surface area contributed by atoms with Crippen LogP contribution in [0.2, 0.25) is 0 Å². The predicted molar refractivity (Wildman–Crippen MR) is 124 cm³/mol. The molecule has 0 unspecified atom stereocenters. The number of ketones is 1. The summed E-state index contributed by atoms with van der Waals surface area (Å²) in [5, 5.41) is 0. The Morgan fingerprint density at radius 3 is 2.22 bits per heavy atom. The van der Waals surface area contributed by atoms with E-state index in [2.05, 4.69) is 0 Å². The summed E-state index contributed by atoms with van der Waals surface area (Å²) in [6.07, 6.45) is 14.3. The lowest BCUT2D eigenvalue weighted by molar-refractivity contribution is -0.134. The molecule has 1 aliphatic heterocycles. The summed E-state index contributed by atoms with van der Waals surface area (Å²) in [7, 11) is 0. The molecular formula is C28H37NO3. The van der Waals surface area contributed by atoms with Crippen LogP contribution in [0.25, 0.3) is 0 Å². The van der Waals surface area contributed by atoms with Crippen LogP contribution in [0.15, 0.2) is 24.3 Å². The van der Waals surface area contributed by atoms with Crippen molar-refractivity contribution in [3.8, 4) is 5.75 Å². The first-order chi connectivity index (χ1) is 15.6. The van der Waals surface area contributed by atoms with Gasteiger partial charge in [-0.1, -0.05) is 12.1 Å². The number of benzene rings is 1. The van der Waals surface area contributed by atoms with Gasteiger partial charge in [-0.15, -0.1) is 0 Å². The van der Waals surface area contributed by atoms with E-state index in [0.717, 1.165) is 74.3 Å². The predicted octanol–water partition coefficient (Wildman–Crippen LogP) is 5.65. The molecule has 1 saturated heterocycles. The third-order valence-corrected chi connectivity index (χ3v) is 9.19. The van der Waals surface area contributed by atoms with E-state index in [1.54, 1.807) is 0 Å². The highest BCUT2D eigenvalue weighted by Gasteiger charge is 2.50. The second-order valence-electron chi connectivity index (χ2n) is 11.8. The van der Waals surface area contributed by atoms with Gasteiger partial charge in [0, 0.05) is 43.8 Å². The van der Waals surface area contributed by atoms with Crippen molar-refractivity contribution in [2.24, 2.45) is 29.1 Å². The van der Waals surface area contributed by atoms with Crippen LogP contribution in [-0.2, 0) is 4.79 Å². The summed E-state index contributed by atoms with van der Waals surface area (Å²) in [6, 6.07) is 7.83. The fourth-order valence-corrected chi connectivity index (χ4v) is 7.84. The minimum absolute atomic E-state index is 0.135. The van der Waals surface area contributed by atoms with Crippen molar-refractivity contribution in [3.05, 3.63) is 29.8 Å². The molecule has 4 heteroatoms. The summed E-state index contributed by atoms with van der Waals surface area (Å²) in [4.78, 5) is 27.3. The monoisotopic (exact) mass is 435 g/mol. The molecule has 1 heterocycles. The number of carbonyl (C=O) groups is 2. The zero-order chi connectivity index (χ0) is 21.7. The molecule has 1 aromatic carbocycles. The molecule has 0 aromatic heterocycles. The Bertz CT molecular complexity index is 845. The molecule has 0 N–H and O–H groups in total. The molecule has 172 valence electrons. The van der Waals surface area contributed by atoms with Gasteiger partial charge in [-0.2, -0.15) is 0 Å². The van der Waals surface area contributed by atoms with Crippen molar-refractivity contribution in [3.63, 3.8) is 0 Å². The van der Waals surface area contributed by atoms with Crippen LogP contribution in [-0.4, -0.2) is 35.8 Å². The summed E-state index contributed by atoms with van der Waals surface area (Å²) in [5.41, 5.74) is 1.26. The topological polar surface area (TPSA) is 46.6 Å². The first kappa shape index (κ1) is 20.7. The van der Waals surface area contributed by atoms with E-state index in [4.69, 9.17) is 4.74 Å². The van der Waals surface area contributed by atoms with Crippen molar-refractivity contribution in [1.29, 1.82) is 0 Å². The van der Waals surface area contributed by atoms with E-state index < -0.39 is 0 Å². The van der Waals surface area contributed by atoms with Gasteiger partial charge in [0.1, 0.15) is 11.9 Å². The fraction of sp³-hybridized carbons (Fsp3) is 0.714. The second-order valence-corrected chi connectivity index (χ2v) is 11.8. The number of ether oxygens (including phenoxy) is 1. The van der Waals surface area contributed by atoms with Crippen LogP contribution in [0.4, 0.5) is 0 Å². The molecule has 5 aliphatic carbocycles. The SMILES string of the molecule is O=C(CCC12CC3CC(CC(C3)C1)C2)c1cccc(OC2CCN(C(=O)C3CC3)CC2)c1.